The van der Waals surface area contributed by atoms with Gasteiger partial charge in [0, 0.05) is 10.4 Å². The SMILES string of the molecule is COc1ccc([C@@H]2C[C@@H](c3ccccc3Cl)n3ncnc3N2C(=O)C(C)(C)C)cc1. The highest BCUT2D eigenvalue weighted by molar-refractivity contribution is 6.31. The van der Waals surface area contributed by atoms with Crippen LogP contribution in [0.4, 0.5) is 5.95 Å². The fraction of sp³-hybridized carbons (Fsp3) is 0.348. The summed E-state index contributed by atoms with van der Waals surface area (Å²) >= 11 is 6.54. The molecule has 0 unspecified atom stereocenters. The molecule has 156 valence electrons. The Kier molecular flexibility index (Phi) is 5.28. The molecule has 3 aromatic rings. The highest BCUT2D eigenvalue weighted by Gasteiger charge is 2.42. The van der Waals surface area contributed by atoms with Crippen LogP contribution in [0.15, 0.2) is 54.9 Å². The van der Waals surface area contributed by atoms with Gasteiger partial charge in [0.05, 0.1) is 19.2 Å². The number of nitrogens with zero attached hydrogens (tertiary/aromatic N) is 4. The minimum atomic E-state index is -0.571. The maximum absolute atomic E-state index is 13.5. The van der Waals surface area contributed by atoms with E-state index in [4.69, 9.17) is 16.3 Å². The van der Waals surface area contributed by atoms with E-state index in [0.717, 1.165) is 16.9 Å². The monoisotopic (exact) mass is 424 g/mol. The number of aromatic nitrogens is 3. The Bertz CT molecular complexity index is 1060. The maximum Gasteiger partial charge on any atom is 0.235 e. The molecule has 0 saturated heterocycles. The van der Waals surface area contributed by atoms with Crippen molar-refractivity contribution in [1.82, 2.24) is 14.8 Å². The van der Waals surface area contributed by atoms with Gasteiger partial charge in [0.15, 0.2) is 0 Å². The highest BCUT2D eigenvalue weighted by Crippen LogP contribution is 2.44. The summed E-state index contributed by atoms with van der Waals surface area (Å²) in [5.74, 6) is 1.30. The van der Waals surface area contributed by atoms with Gasteiger partial charge >= 0.3 is 0 Å². The van der Waals surface area contributed by atoms with Crippen LogP contribution in [0.25, 0.3) is 0 Å². The standard InChI is InChI=1S/C23H25ClN4O2/c1-23(2,3)21(29)27-19(15-9-11-16(30-4)12-10-15)13-20(28-22(27)25-14-26-28)17-7-5-6-8-18(17)24/h5-12,14,19-20H,13H2,1-4H3/t19-,20-/m0/s1. The molecule has 1 aromatic heterocycles. The highest BCUT2D eigenvalue weighted by atomic mass is 35.5. The first kappa shape index (κ1) is 20.4. The molecule has 7 heteroatoms. The molecular weight excluding hydrogens is 400 g/mol. The summed E-state index contributed by atoms with van der Waals surface area (Å²) in [6, 6.07) is 15.3. The van der Waals surface area contributed by atoms with Gasteiger partial charge in [0.25, 0.3) is 0 Å². The second-order valence-corrected chi connectivity index (χ2v) is 8.90. The van der Waals surface area contributed by atoms with Crippen molar-refractivity contribution in [1.29, 1.82) is 0 Å². The van der Waals surface area contributed by atoms with Crippen LogP contribution in [-0.4, -0.2) is 27.8 Å². The minimum Gasteiger partial charge on any atom is -0.497 e. The van der Waals surface area contributed by atoms with Crippen molar-refractivity contribution in [3.63, 3.8) is 0 Å². The molecular formula is C23H25ClN4O2. The molecule has 0 saturated carbocycles. The zero-order valence-electron chi connectivity index (χ0n) is 17.5. The summed E-state index contributed by atoms with van der Waals surface area (Å²) in [5.41, 5.74) is 1.41. The molecule has 0 spiro atoms. The van der Waals surface area contributed by atoms with E-state index in [0.29, 0.717) is 17.4 Å². The number of rotatable bonds is 3. The van der Waals surface area contributed by atoms with E-state index in [9.17, 15) is 4.79 Å². The zero-order valence-corrected chi connectivity index (χ0v) is 18.3. The van der Waals surface area contributed by atoms with Crippen LogP contribution in [0.5, 0.6) is 5.75 Å². The summed E-state index contributed by atoms with van der Waals surface area (Å²) in [6.07, 6.45) is 2.13. The molecule has 0 bridgehead atoms. The van der Waals surface area contributed by atoms with Crippen molar-refractivity contribution in [2.45, 2.75) is 39.3 Å². The maximum atomic E-state index is 13.5. The number of fused-ring (bicyclic) bond motifs is 1. The number of amides is 1. The molecule has 0 radical (unpaired) electrons. The van der Waals surface area contributed by atoms with Crippen LogP contribution in [0, 0.1) is 5.41 Å². The number of methoxy groups -OCH3 is 1. The fourth-order valence-electron chi connectivity index (χ4n) is 3.90. The van der Waals surface area contributed by atoms with E-state index in [1.165, 1.54) is 6.33 Å². The molecule has 1 aliphatic rings. The number of hydrogen-bond acceptors (Lipinski definition) is 4. The van der Waals surface area contributed by atoms with E-state index in [-0.39, 0.29) is 18.0 Å². The molecule has 1 aliphatic heterocycles. The minimum absolute atomic E-state index is 0.00447. The van der Waals surface area contributed by atoms with Crippen LogP contribution in [0.1, 0.15) is 50.4 Å². The Labute approximate surface area is 181 Å². The van der Waals surface area contributed by atoms with Crippen molar-refractivity contribution in [3.8, 4) is 5.75 Å². The molecule has 6 nitrogen and oxygen atoms in total. The van der Waals surface area contributed by atoms with Gasteiger partial charge in [-0.15, -0.1) is 0 Å². The Morgan fingerprint density at radius 1 is 1.10 bits per heavy atom. The average Bonchev–Trinajstić information content (AvgIpc) is 3.22. The lowest BCUT2D eigenvalue weighted by atomic mass is 9.88. The van der Waals surface area contributed by atoms with Gasteiger partial charge in [-0.05, 0) is 35.7 Å². The van der Waals surface area contributed by atoms with Gasteiger partial charge in [-0.2, -0.15) is 10.1 Å². The van der Waals surface area contributed by atoms with E-state index in [1.54, 1.807) is 12.0 Å². The first-order valence-electron chi connectivity index (χ1n) is 9.93. The largest absolute Gasteiger partial charge is 0.497 e. The fourth-order valence-corrected chi connectivity index (χ4v) is 4.16. The first-order chi connectivity index (χ1) is 14.3. The summed E-state index contributed by atoms with van der Waals surface area (Å²) in [7, 11) is 1.64. The number of halogens is 1. The molecule has 0 aliphatic carbocycles. The Morgan fingerprint density at radius 2 is 1.80 bits per heavy atom. The van der Waals surface area contributed by atoms with Gasteiger partial charge in [0.2, 0.25) is 11.9 Å². The molecule has 30 heavy (non-hydrogen) atoms. The number of anilines is 1. The lowest BCUT2D eigenvalue weighted by Gasteiger charge is -2.41. The predicted molar refractivity (Wildman–Crippen MR) is 117 cm³/mol. The number of hydrogen-bond donors (Lipinski definition) is 0. The smallest absolute Gasteiger partial charge is 0.235 e. The molecule has 0 fully saturated rings. The van der Waals surface area contributed by atoms with E-state index >= 15 is 0 Å². The third kappa shape index (κ3) is 3.56. The second kappa shape index (κ2) is 7.76. The molecule has 1 amide bonds. The number of benzene rings is 2. The third-order valence-corrected chi connectivity index (χ3v) is 5.79. The molecule has 4 rings (SSSR count). The topological polar surface area (TPSA) is 60.2 Å². The van der Waals surface area contributed by atoms with Crippen molar-refractivity contribution < 1.29 is 9.53 Å². The number of ether oxygens (including phenoxy) is 1. The third-order valence-electron chi connectivity index (χ3n) is 5.45. The Morgan fingerprint density at radius 3 is 2.43 bits per heavy atom. The predicted octanol–water partition coefficient (Wildman–Crippen LogP) is 5.05. The van der Waals surface area contributed by atoms with Gasteiger partial charge < -0.3 is 4.74 Å². The molecule has 2 aromatic carbocycles. The lowest BCUT2D eigenvalue weighted by molar-refractivity contribution is -0.126. The molecule has 2 atom stereocenters. The van der Waals surface area contributed by atoms with E-state index in [2.05, 4.69) is 10.1 Å². The van der Waals surface area contributed by atoms with Crippen LogP contribution in [0.2, 0.25) is 5.02 Å². The van der Waals surface area contributed by atoms with Crippen LogP contribution in [-0.2, 0) is 4.79 Å². The van der Waals surface area contributed by atoms with Crippen LogP contribution >= 0.6 is 11.6 Å². The normalized spacial score (nSPS) is 18.8. The van der Waals surface area contributed by atoms with Gasteiger partial charge in [0.1, 0.15) is 12.1 Å². The quantitative estimate of drug-likeness (QED) is 0.590. The number of carbonyl (C=O) groups is 1. The van der Waals surface area contributed by atoms with Crippen LogP contribution in [0.3, 0.4) is 0 Å². The van der Waals surface area contributed by atoms with E-state index < -0.39 is 5.41 Å². The summed E-state index contributed by atoms with van der Waals surface area (Å²) in [6.45, 7) is 5.75. The summed E-state index contributed by atoms with van der Waals surface area (Å²) in [4.78, 5) is 19.7. The van der Waals surface area contributed by atoms with Gasteiger partial charge in [-0.3, -0.25) is 9.69 Å². The average molecular weight is 425 g/mol. The second-order valence-electron chi connectivity index (χ2n) is 8.49. The Hall–Kier alpha value is -2.86. The Balaban J connectivity index is 1.87. The van der Waals surface area contributed by atoms with Crippen molar-refractivity contribution in [3.05, 3.63) is 71.0 Å². The van der Waals surface area contributed by atoms with Crippen LogP contribution < -0.4 is 9.64 Å². The first-order valence-corrected chi connectivity index (χ1v) is 10.3. The van der Waals surface area contributed by atoms with Crippen molar-refractivity contribution in [2.75, 3.05) is 12.0 Å². The molecule has 2 heterocycles. The van der Waals surface area contributed by atoms with Crippen molar-refractivity contribution >= 4 is 23.5 Å². The number of carbonyl (C=O) groups excluding carboxylic acids is 1. The lowest BCUT2D eigenvalue weighted by Crippen LogP contribution is -2.47. The molecule has 0 N–H and O–H groups in total. The van der Waals surface area contributed by atoms with Crippen molar-refractivity contribution in [2.24, 2.45) is 5.41 Å². The zero-order chi connectivity index (χ0) is 21.5. The van der Waals surface area contributed by atoms with Gasteiger partial charge in [-0.1, -0.05) is 62.7 Å². The summed E-state index contributed by atoms with van der Waals surface area (Å²) in [5, 5.41) is 5.13. The summed E-state index contributed by atoms with van der Waals surface area (Å²) < 4.78 is 7.12. The van der Waals surface area contributed by atoms with Gasteiger partial charge in [-0.25, -0.2) is 4.68 Å². The van der Waals surface area contributed by atoms with E-state index in [1.807, 2.05) is 74.0 Å².